The van der Waals surface area contributed by atoms with E-state index in [0.717, 1.165) is 32.2 Å². The Morgan fingerprint density at radius 1 is 1.20 bits per heavy atom. The number of nitrogens with zero attached hydrogens (tertiary/aromatic N) is 2. The van der Waals surface area contributed by atoms with Crippen molar-refractivity contribution >= 4 is 24.8 Å². The predicted molar refractivity (Wildman–Crippen MR) is 78.3 cm³/mol. The molecular formula is C13H17Cl2F2N3. The number of piperazine rings is 1. The first-order chi connectivity index (χ1) is 8.72. The summed E-state index contributed by atoms with van der Waals surface area (Å²) in [4.78, 5) is 2.13. The summed E-state index contributed by atoms with van der Waals surface area (Å²) in [6, 6.07) is 5.83. The number of hydrogen-bond donors (Lipinski definition) is 1. The van der Waals surface area contributed by atoms with E-state index in [1.165, 1.54) is 6.07 Å². The molecule has 0 aromatic heterocycles. The van der Waals surface area contributed by atoms with E-state index >= 15 is 0 Å². The molecule has 1 saturated heterocycles. The summed E-state index contributed by atoms with van der Waals surface area (Å²) in [5.74, 6) is -1.71. The van der Waals surface area contributed by atoms with Crippen molar-refractivity contribution in [3.05, 3.63) is 35.4 Å². The zero-order valence-electron chi connectivity index (χ0n) is 10.8. The Labute approximate surface area is 129 Å². The van der Waals surface area contributed by atoms with Crippen LogP contribution in [0.25, 0.3) is 0 Å². The molecule has 1 aliphatic rings. The maximum Gasteiger partial charge on any atom is 0.159 e. The second-order valence-electron chi connectivity index (χ2n) is 4.34. The Hall–Kier alpha value is -0.930. The summed E-state index contributed by atoms with van der Waals surface area (Å²) >= 11 is 0. The predicted octanol–water partition coefficient (Wildman–Crippen LogP) is 2.67. The number of rotatable bonds is 3. The highest BCUT2D eigenvalue weighted by molar-refractivity contribution is 5.85. The molecule has 7 heteroatoms. The second-order valence-corrected chi connectivity index (χ2v) is 4.34. The van der Waals surface area contributed by atoms with Crippen LogP contribution in [0.15, 0.2) is 18.2 Å². The van der Waals surface area contributed by atoms with Crippen LogP contribution in [-0.2, 0) is 0 Å². The molecule has 112 valence electrons. The smallest absolute Gasteiger partial charge is 0.159 e. The van der Waals surface area contributed by atoms with Gasteiger partial charge in [-0.3, -0.25) is 4.90 Å². The van der Waals surface area contributed by atoms with Gasteiger partial charge in [-0.2, -0.15) is 5.26 Å². The molecule has 0 radical (unpaired) electrons. The second kappa shape index (κ2) is 9.09. The van der Waals surface area contributed by atoms with Gasteiger partial charge in [0.25, 0.3) is 0 Å². The number of nitrogens with one attached hydrogen (secondary N) is 1. The molecule has 2 rings (SSSR count). The van der Waals surface area contributed by atoms with Gasteiger partial charge in [0.05, 0.1) is 12.5 Å². The van der Waals surface area contributed by atoms with E-state index in [4.69, 9.17) is 5.26 Å². The zero-order valence-corrected chi connectivity index (χ0v) is 12.4. The fourth-order valence-corrected chi connectivity index (χ4v) is 2.26. The molecule has 1 heterocycles. The van der Waals surface area contributed by atoms with Crippen molar-refractivity contribution in [2.24, 2.45) is 0 Å². The van der Waals surface area contributed by atoms with Crippen molar-refractivity contribution in [1.29, 1.82) is 5.26 Å². The molecule has 0 unspecified atom stereocenters. The number of halogens is 4. The SMILES string of the molecule is Cl.Cl.N#CC[C@@H](c1ccc(F)c(F)c1)N1CCNCC1. The first kappa shape index (κ1) is 19.1. The number of benzene rings is 1. The summed E-state index contributed by atoms with van der Waals surface area (Å²) in [7, 11) is 0. The normalized spacial score (nSPS) is 16.4. The number of hydrogen-bond acceptors (Lipinski definition) is 3. The standard InChI is InChI=1S/C13H15F2N3.2ClH/c14-11-2-1-10(9-12(11)15)13(3-4-16)18-7-5-17-6-8-18;;/h1-2,9,13,17H,3,5-8H2;2*1H/t13-;;/m0../s1. The molecule has 0 amide bonds. The van der Waals surface area contributed by atoms with E-state index in [1.807, 2.05) is 0 Å². The molecule has 0 aliphatic carbocycles. The van der Waals surface area contributed by atoms with Gasteiger partial charge in [0.2, 0.25) is 0 Å². The molecule has 3 nitrogen and oxygen atoms in total. The van der Waals surface area contributed by atoms with Gasteiger partial charge in [-0.05, 0) is 17.7 Å². The van der Waals surface area contributed by atoms with Gasteiger partial charge in [0.1, 0.15) is 0 Å². The lowest BCUT2D eigenvalue weighted by Gasteiger charge is -2.34. The first-order valence-electron chi connectivity index (χ1n) is 5.99. The lowest BCUT2D eigenvalue weighted by molar-refractivity contribution is 0.175. The summed E-state index contributed by atoms with van der Waals surface area (Å²) in [6.07, 6.45) is 0.283. The third-order valence-corrected chi connectivity index (χ3v) is 3.21. The molecule has 1 atom stereocenters. The van der Waals surface area contributed by atoms with Gasteiger partial charge >= 0.3 is 0 Å². The minimum atomic E-state index is -0.856. The lowest BCUT2D eigenvalue weighted by atomic mass is 10.0. The highest BCUT2D eigenvalue weighted by atomic mass is 35.5. The van der Waals surface area contributed by atoms with Crippen LogP contribution in [0.3, 0.4) is 0 Å². The van der Waals surface area contributed by atoms with Gasteiger partial charge < -0.3 is 5.32 Å². The van der Waals surface area contributed by atoms with Gasteiger partial charge in [0.15, 0.2) is 11.6 Å². The summed E-state index contributed by atoms with van der Waals surface area (Å²) in [5.41, 5.74) is 0.664. The molecule has 1 fully saturated rings. The Morgan fingerprint density at radius 2 is 1.85 bits per heavy atom. The van der Waals surface area contributed by atoms with E-state index < -0.39 is 11.6 Å². The van der Waals surface area contributed by atoms with Crippen molar-refractivity contribution in [1.82, 2.24) is 10.2 Å². The highest BCUT2D eigenvalue weighted by Crippen LogP contribution is 2.25. The summed E-state index contributed by atoms with van der Waals surface area (Å²) in [5, 5.41) is 12.1. The average Bonchev–Trinajstić information content (AvgIpc) is 2.40. The van der Waals surface area contributed by atoms with Gasteiger partial charge in [0, 0.05) is 32.2 Å². The van der Waals surface area contributed by atoms with E-state index in [1.54, 1.807) is 6.07 Å². The topological polar surface area (TPSA) is 39.1 Å². The minimum Gasteiger partial charge on any atom is -0.314 e. The number of nitriles is 1. The van der Waals surface area contributed by atoms with Crippen LogP contribution >= 0.6 is 24.8 Å². The molecule has 0 saturated carbocycles. The molecule has 0 spiro atoms. The van der Waals surface area contributed by atoms with E-state index in [0.29, 0.717) is 5.56 Å². The van der Waals surface area contributed by atoms with Crippen LogP contribution in [0, 0.1) is 23.0 Å². The molecule has 1 N–H and O–H groups in total. The fraction of sp³-hybridized carbons (Fsp3) is 0.462. The van der Waals surface area contributed by atoms with Gasteiger partial charge in [-0.15, -0.1) is 24.8 Å². The Morgan fingerprint density at radius 3 is 2.40 bits per heavy atom. The Balaban J connectivity index is 0.00000180. The fourth-order valence-electron chi connectivity index (χ4n) is 2.26. The van der Waals surface area contributed by atoms with Crippen molar-refractivity contribution in [2.45, 2.75) is 12.5 Å². The quantitative estimate of drug-likeness (QED) is 0.929. The van der Waals surface area contributed by atoms with Gasteiger partial charge in [-0.1, -0.05) is 6.07 Å². The van der Waals surface area contributed by atoms with E-state index in [2.05, 4.69) is 16.3 Å². The van der Waals surface area contributed by atoms with Crippen molar-refractivity contribution in [2.75, 3.05) is 26.2 Å². The molecule has 20 heavy (non-hydrogen) atoms. The summed E-state index contributed by atoms with van der Waals surface area (Å²) < 4.78 is 26.2. The first-order valence-corrected chi connectivity index (χ1v) is 5.99. The van der Waals surface area contributed by atoms with Crippen LogP contribution in [0.2, 0.25) is 0 Å². The molecule has 0 bridgehead atoms. The van der Waals surface area contributed by atoms with Crippen molar-refractivity contribution < 1.29 is 8.78 Å². The van der Waals surface area contributed by atoms with Crippen LogP contribution < -0.4 is 5.32 Å². The maximum atomic E-state index is 13.3. The third-order valence-electron chi connectivity index (χ3n) is 3.21. The average molecular weight is 324 g/mol. The molecular weight excluding hydrogens is 307 g/mol. The Bertz CT molecular complexity index is 459. The maximum absolute atomic E-state index is 13.3. The summed E-state index contributed by atoms with van der Waals surface area (Å²) in [6.45, 7) is 3.33. The lowest BCUT2D eigenvalue weighted by Crippen LogP contribution is -2.45. The van der Waals surface area contributed by atoms with Crippen LogP contribution in [0.1, 0.15) is 18.0 Å². The van der Waals surface area contributed by atoms with Crippen LogP contribution in [0.5, 0.6) is 0 Å². The van der Waals surface area contributed by atoms with Crippen molar-refractivity contribution in [3.8, 4) is 6.07 Å². The van der Waals surface area contributed by atoms with Crippen LogP contribution in [-0.4, -0.2) is 31.1 Å². The van der Waals surface area contributed by atoms with Crippen molar-refractivity contribution in [3.63, 3.8) is 0 Å². The van der Waals surface area contributed by atoms with Gasteiger partial charge in [-0.25, -0.2) is 8.78 Å². The molecule has 1 aliphatic heterocycles. The molecule has 1 aromatic carbocycles. The van der Waals surface area contributed by atoms with E-state index in [9.17, 15) is 8.78 Å². The monoisotopic (exact) mass is 323 g/mol. The molecule has 1 aromatic rings. The Kier molecular flexibility index (Phi) is 8.67. The van der Waals surface area contributed by atoms with Crippen LogP contribution in [0.4, 0.5) is 8.78 Å². The van der Waals surface area contributed by atoms with E-state index in [-0.39, 0.29) is 37.3 Å². The zero-order chi connectivity index (χ0) is 13.0. The minimum absolute atomic E-state index is 0. The highest BCUT2D eigenvalue weighted by Gasteiger charge is 2.22. The largest absolute Gasteiger partial charge is 0.314 e. The third kappa shape index (κ3) is 4.57.